The fraction of sp³-hybridized carbons (Fsp3) is 0.316. The van der Waals surface area contributed by atoms with Gasteiger partial charge in [-0.1, -0.05) is 17.7 Å². The van der Waals surface area contributed by atoms with E-state index in [9.17, 15) is 14.4 Å². The number of likely N-dealkylation sites (tertiary alicyclic amines) is 1. The first-order valence-corrected chi connectivity index (χ1v) is 9.90. The highest BCUT2D eigenvalue weighted by molar-refractivity contribution is 7.12. The quantitative estimate of drug-likeness (QED) is 0.810. The third-order valence-corrected chi connectivity index (χ3v) is 5.53. The zero-order chi connectivity index (χ0) is 19.4. The number of piperidine rings is 1. The number of anilines is 2. The van der Waals surface area contributed by atoms with Crippen LogP contribution < -0.4 is 10.6 Å². The number of rotatable bonds is 4. The summed E-state index contributed by atoms with van der Waals surface area (Å²) in [6.07, 6.45) is 1.52. The van der Waals surface area contributed by atoms with Gasteiger partial charge in [-0.2, -0.15) is 0 Å². The van der Waals surface area contributed by atoms with Gasteiger partial charge in [0.05, 0.1) is 21.5 Å². The lowest BCUT2D eigenvalue weighted by molar-refractivity contribution is -0.121. The summed E-state index contributed by atoms with van der Waals surface area (Å²) in [7, 11) is 0. The lowest BCUT2D eigenvalue weighted by atomic mass is 9.97. The Balaban J connectivity index is 1.63. The van der Waals surface area contributed by atoms with Gasteiger partial charge in [-0.05, 0) is 42.5 Å². The van der Waals surface area contributed by atoms with E-state index in [1.54, 1.807) is 29.2 Å². The fourth-order valence-electron chi connectivity index (χ4n) is 3.06. The summed E-state index contributed by atoms with van der Waals surface area (Å²) in [4.78, 5) is 38.7. The molecular formula is C19H20ClN3O3S. The van der Waals surface area contributed by atoms with Crippen LogP contribution in [-0.2, 0) is 9.59 Å². The van der Waals surface area contributed by atoms with Gasteiger partial charge in [0.2, 0.25) is 11.8 Å². The van der Waals surface area contributed by atoms with Crippen molar-refractivity contribution in [3.8, 4) is 0 Å². The van der Waals surface area contributed by atoms with Crippen molar-refractivity contribution in [1.82, 2.24) is 4.90 Å². The zero-order valence-electron chi connectivity index (χ0n) is 14.8. The van der Waals surface area contributed by atoms with E-state index < -0.39 is 0 Å². The van der Waals surface area contributed by atoms with Crippen molar-refractivity contribution in [2.45, 2.75) is 19.8 Å². The molecule has 27 heavy (non-hydrogen) atoms. The van der Waals surface area contributed by atoms with Crippen molar-refractivity contribution in [3.05, 3.63) is 45.6 Å². The van der Waals surface area contributed by atoms with E-state index in [-0.39, 0.29) is 23.6 Å². The molecule has 1 aromatic carbocycles. The number of nitrogens with zero attached hydrogens (tertiary/aromatic N) is 1. The molecule has 0 radical (unpaired) electrons. The maximum atomic E-state index is 12.6. The number of hydrogen-bond donors (Lipinski definition) is 2. The second kappa shape index (κ2) is 8.54. The predicted molar refractivity (Wildman–Crippen MR) is 107 cm³/mol. The average Bonchev–Trinajstić information content (AvgIpc) is 3.18. The van der Waals surface area contributed by atoms with Gasteiger partial charge >= 0.3 is 0 Å². The van der Waals surface area contributed by atoms with Gasteiger partial charge in [0.15, 0.2) is 0 Å². The molecule has 2 N–H and O–H groups in total. The Labute approximate surface area is 166 Å². The van der Waals surface area contributed by atoms with Gasteiger partial charge in [0.1, 0.15) is 0 Å². The lowest BCUT2D eigenvalue weighted by Crippen LogP contribution is -2.43. The highest BCUT2D eigenvalue weighted by atomic mass is 35.5. The third kappa shape index (κ3) is 4.87. The molecule has 1 atom stereocenters. The normalized spacial score (nSPS) is 16.7. The first-order chi connectivity index (χ1) is 12.9. The molecule has 1 saturated heterocycles. The summed E-state index contributed by atoms with van der Waals surface area (Å²) in [5.74, 6) is -0.643. The lowest BCUT2D eigenvalue weighted by Gasteiger charge is -2.31. The summed E-state index contributed by atoms with van der Waals surface area (Å²) < 4.78 is 0. The molecule has 2 aromatic rings. The molecule has 8 heteroatoms. The van der Waals surface area contributed by atoms with E-state index in [2.05, 4.69) is 10.6 Å². The van der Waals surface area contributed by atoms with Gasteiger partial charge in [-0.15, -0.1) is 11.3 Å². The first kappa shape index (κ1) is 19.4. The van der Waals surface area contributed by atoms with Crippen molar-refractivity contribution in [2.24, 2.45) is 5.92 Å². The van der Waals surface area contributed by atoms with E-state index in [0.717, 1.165) is 12.8 Å². The van der Waals surface area contributed by atoms with Crippen molar-refractivity contribution in [3.63, 3.8) is 0 Å². The molecule has 0 aliphatic carbocycles. The van der Waals surface area contributed by atoms with Crippen molar-refractivity contribution in [1.29, 1.82) is 0 Å². The standard InChI is InChI=1S/C19H20ClN3O3S/c1-12(24)21-16-7-6-14(10-15(16)20)22-18(25)13-4-2-8-23(11-13)19(26)17-5-3-9-27-17/h3,5-7,9-10,13H,2,4,8,11H2,1H3,(H,21,24)(H,22,25)/t13-/m0/s1. The Morgan fingerprint density at radius 3 is 2.70 bits per heavy atom. The second-order valence-corrected chi connectivity index (χ2v) is 7.79. The predicted octanol–water partition coefficient (Wildman–Crippen LogP) is 3.85. The number of carbonyl (C=O) groups excluding carboxylic acids is 3. The van der Waals surface area contributed by atoms with E-state index >= 15 is 0 Å². The molecule has 0 unspecified atom stereocenters. The molecule has 3 amide bonds. The molecule has 0 spiro atoms. The molecule has 0 saturated carbocycles. The highest BCUT2D eigenvalue weighted by Crippen LogP contribution is 2.27. The van der Waals surface area contributed by atoms with Crippen LogP contribution in [0.25, 0.3) is 0 Å². The van der Waals surface area contributed by atoms with Crippen LogP contribution in [-0.4, -0.2) is 35.7 Å². The van der Waals surface area contributed by atoms with Crippen LogP contribution in [0.4, 0.5) is 11.4 Å². The number of benzene rings is 1. The van der Waals surface area contributed by atoms with Crippen LogP contribution in [0.1, 0.15) is 29.4 Å². The summed E-state index contributed by atoms with van der Waals surface area (Å²) in [6.45, 7) is 2.47. The Morgan fingerprint density at radius 1 is 1.22 bits per heavy atom. The van der Waals surface area contributed by atoms with E-state index in [4.69, 9.17) is 11.6 Å². The number of amides is 3. The SMILES string of the molecule is CC(=O)Nc1ccc(NC(=O)[C@H]2CCCN(C(=O)c3cccs3)C2)cc1Cl. The molecule has 1 fully saturated rings. The van der Waals surface area contributed by atoms with Crippen LogP contribution in [0.3, 0.4) is 0 Å². The van der Waals surface area contributed by atoms with Crippen LogP contribution in [0, 0.1) is 5.92 Å². The number of carbonyl (C=O) groups is 3. The van der Waals surface area contributed by atoms with Crippen molar-refractivity contribution >= 4 is 52.0 Å². The number of nitrogens with one attached hydrogen (secondary N) is 2. The summed E-state index contributed by atoms with van der Waals surface area (Å²) >= 11 is 7.55. The summed E-state index contributed by atoms with van der Waals surface area (Å²) in [5, 5.41) is 7.70. The topological polar surface area (TPSA) is 78.5 Å². The zero-order valence-corrected chi connectivity index (χ0v) is 16.4. The van der Waals surface area contributed by atoms with Crippen LogP contribution in [0.5, 0.6) is 0 Å². The van der Waals surface area contributed by atoms with Crippen LogP contribution >= 0.6 is 22.9 Å². The molecule has 2 heterocycles. The number of thiophene rings is 1. The number of halogens is 1. The molecule has 0 bridgehead atoms. The fourth-order valence-corrected chi connectivity index (χ4v) is 3.98. The monoisotopic (exact) mass is 405 g/mol. The minimum atomic E-state index is -0.267. The largest absolute Gasteiger partial charge is 0.337 e. The minimum Gasteiger partial charge on any atom is -0.337 e. The Bertz CT molecular complexity index is 854. The average molecular weight is 406 g/mol. The molecule has 1 aliphatic rings. The van der Waals surface area contributed by atoms with Gasteiger partial charge in [0.25, 0.3) is 5.91 Å². The molecular weight excluding hydrogens is 386 g/mol. The Morgan fingerprint density at radius 2 is 2.04 bits per heavy atom. The van der Waals surface area contributed by atoms with Crippen LogP contribution in [0.15, 0.2) is 35.7 Å². The molecule has 142 valence electrons. The van der Waals surface area contributed by atoms with Gasteiger partial charge in [0, 0.05) is 25.7 Å². The summed E-state index contributed by atoms with van der Waals surface area (Å²) in [5.41, 5.74) is 1.05. The second-order valence-electron chi connectivity index (χ2n) is 6.43. The van der Waals surface area contributed by atoms with Crippen LogP contribution in [0.2, 0.25) is 5.02 Å². The maximum absolute atomic E-state index is 12.6. The number of hydrogen-bond acceptors (Lipinski definition) is 4. The highest BCUT2D eigenvalue weighted by Gasteiger charge is 2.29. The van der Waals surface area contributed by atoms with Crippen molar-refractivity contribution in [2.75, 3.05) is 23.7 Å². The van der Waals surface area contributed by atoms with Gasteiger partial charge in [-0.25, -0.2) is 0 Å². The molecule has 1 aliphatic heterocycles. The van der Waals surface area contributed by atoms with E-state index in [1.165, 1.54) is 18.3 Å². The third-order valence-electron chi connectivity index (χ3n) is 4.36. The molecule has 1 aromatic heterocycles. The maximum Gasteiger partial charge on any atom is 0.263 e. The van der Waals surface area contributed by atoms with E-state index in [0.29, 0.717) is 34.4 Å². The first-order valence-electron chi connectivity index (χ1n) is 8.65. The minimum absolute atomic E-state index is 0.0230. The molecule has 3 rings (SSSR count). The van der Waals surface area contributed by atoms with E-state index in [1.807, 2.05) is 11.4 Å². The van der Waals surface area contributed by atoms with Gasteiger partial charge in [-0.3, -0.25) is 14.4 Å². The molecule has 6 nitrogen and oxygen atoms in total. The Hall–Kier alpha value is -2.38. The Kier molecular flexibility index (Phi) is 6.13. The smallest absolute Gasteiger partial charge is 0.263 e. The van der Waals surface area contributed by atoms with Crippen molar-refractivity contribution < 1.29 is 14.4 Å². The summed E-state index contributed by atoms with van der Waals surface area (Å²) in [6, 6.07) is 8.58. The van der Waals surface area contributed by atoms with Gasteiger partial charge < -0.3 is 15.5 Å².